The van der Waals surface area contributed by atoms with Crippen molar-refractivity contribution in [2.24, 2.45) is 0 Å². The second-order valence-corrected chi connectivity index (χ2v) is 7.06. The minimum atomic E-state index is -0.231. The van der Waals surface area contributed by atoms with E-state index in [9.17, 15) is 9.59 Å². The molecule has 0 aliphatic carbocycles. The SMILES string of the molecule is Cc1nc(C)c(CC(=O)N2CCC[C@H](c3nnc4ccccn34)C2)c(=O)[nH]1. The van der Waals surface area contributed by atoms with Crippen molar-refractivity contribution in [1.82, 2.24) is 29.5 Å². The standard InChI is InChI=1S/C19H22N6O2/c1-12-15(19(27)21-13(2)20-12)10-17(26)24-8-5-6-14(11-24)18-23-22-16-7-3-4-9-25(16)18/h3-4,7,9,14H,5-6,8,10-11H2,1-2H3,(H,20,21,27)/t14-/m0/s1. The van der Waals surface area contributed by atoms with Gasteiger partial charge in [0.2, 0.25) is 5.91 Å². The van der Waals surface area contributed by atoms with E-state index < -0.39 is 0 Å². The summed E-state index contributed by atoms with van der Waals surface area (Å²) in [6.45, 7) is 4.79. The Morgan fingerprint density at radius 2 is 2.15 bits per heavy atom. The number of hydrogen-bond donors (Lipinski definition) is 1. The number of aryl methyl sites for hydroxylation is 2. The third-order valence-electron chi connectivity index (χ3n) is 5.15. The summed E-state index contributed by atoms with van der Waals surface area (Å²) in [5.41, 5.74) is 1.64. The number of nitrogens with one attached hydrogen (secondary N) is 1. The summed E-state index contributed by atoms with van der Waals surface area (Å²) < 4.78 is 1.98. The maximum atomic E-state index is 12.8. The molecule has 0 spiro atoms. The number of carbonyl (C=O) groups excluding carboxylic acids is 1. The highest BCUT2D eigenvalue weighted by molar-refractivity contribution is 5.79. The predicted molar refractivity (Wildman–Crippen MR) is 99.6 cm³/mol. The molecule has 1 N–H and O–H groups in total. The molecule has 1 amide bonds. The monoisotopic (exact) mass is 366 g/mol. The first kappa shape index (κ1) is 17.4. The van der Waals surface area contributed by atoms with Gasteiger partial charge in [-0.2, -0.15) is 0 Å². The van der Waals surface area contributed by atoms with Gasteiger partial charge in [0, 0.05) is 36.5 Å². The smallest absolute Gasteiger partial charge is 0.254 e. The Labute approximate surface area is 156 Å². The molecule has 27 heavy (non-hydrogen) atoms. The normalized spacial score (nSPS) is 17.4. The van der Waals surface area contributed by atoms with E-state index >= 15 is 0 Å². The van der Waals surface area contributed by atoms with Crippen molar-refractivity contribution in [3.05, 3.63) is 57.7 Å². The molecule has 0 radical (unpaired) electrons. The molecule has 4 heterocycles. The fourth-order valence-corrected chi connectivity index (χ4v) is 3.77. The van der Waals surface area contributed by atoms with Crippen molar-refractivity contribution in [2.75, 3.05) is 13.1 Å². The van der Waals surface area contributed by atoms with E-state index in [-0.39, 0.29) is 23.8 Å². The lowest BCUT2D eigenvalue weighted by Gasteiger charge is -2.32. The van der Waals surface area contributed by atoms with E-state index in [1.54, 1.807) is 13.8 Å². The molecule has 1 fully saturated rings. The van der Waals surface area contributed by atoms with Crippen molar-refractivity contribution >= 4 is 11.6 Å². The minimum absolute atomic E-state index is 0.0484. The quantitative estimate of drug-likeness (QED) is 0.755. The molecule has 8 heteroatoms. The molecular weight excluding hydrogens is 344 g/mol. The van der Waals surface area contributed by atoms with Crippen LogP contribution in [0.15, 0.2) is 29.2 Å². The van der Waals surface area contributed by atoms with E-state index in [1.807, 2.05) is 33.7 Å². The number of amides is 1. The Kier molecular flexibility index (Phi) is 4.47. The Morgan fingerprint density at radius 3 is 2.96 bits per heavy atom. The van der Waals surface area contributed by atoms with Crippen LogP contribution in [0, 0.1) is 13.8 Å². The van der Waals surface area contributed by atoms with Gasteiger partial charge in [0.05, 0.1) is 6.42 Å². The van der Waals surface area contributed by atoms with Crippen LogP contribution in [-0.2, 0) is 11.2 Å². The van der Waals surface area contributed by atoms with Crippen molar-refractivity contribution in [3.8, 4) is 0 Å². The summed E-state index contributed by atoms with van der Waals surface area (Å²) in [6.07, 6.45) is 3.89. The van der Waals surface area contributed by atoms with E-state index in [2.05, 4.69) is 20.2 Å². The summed E-state index contributed by atoms with van der Waals surface area (Å²) in [7, 11) is 0. The largest absolute Gasteiger partial charge is 0.342 e. The number of nitrogens with zero attached hydrogens (tertiary/aromatic N) is 5. The first-order chi connectivity index (χ1) is 13.0. The van der Waals surface area contributed by atoms with Crippen LogP contribution in [0.2, 0.25) is 0 Å². The summed E-state index contributed by atoms with van der Waals surface area (Å²) in [4.78, 5) is 33.8. The number of aromatic nitrogens is 5. The van der Waals surface area contributed by atoms with Gasteiger partial charge in [-0.15, -0.1) is 10.2 Å². The number of fused-ring (bicyclic) bond motifs is 1. The van der Waals surface area contributed by atoms with Gasteiger partial charge >= 0.3 is 0 Å². The van der Waals surface area contributed by atoms with Gasteiger partial charge in [0.1, 0.15) is 11.6 Å². The summed E-state index contributed by atoms with van der Waals surface area (Å²) in [5, 5.41) is 8.56. The Bertz CT molecular complexity index is 1050. The van der Waals surface area contributed by atoms with Crippen LogP contribution in [-0.4, -0.2) is 48.5 Å². The third kappa shape index (κ3) is 3.34. The molecule has 0 aromatic carbocycles. The van der Waals surface area contributed by atoms with Gasteiger partial charge in [-0.25, -0.2) is 4.98 Å². The van der Waals surface area contributed by atoms with Crippen LogP contribution in [0.1, 0.15) is 41.7 Å². The minimum Gasteiger partial charge on any atom is -0.342 e. The topological polar surface area (TPSA) is 96.2 Å². The molecule has 1 saturated heterocycles. The number of H-pyrrole nitrogens is 1. The maximum Gasteiger partial charge on any atom is 0.254 e. The predicted octanol–water partition coefficient (Wildman–Crippen LogP) is 1.38. The molecular formula is C19H22N6O2. The van der Waals surface area contributed by atoms with Crippen molar-refractivity contribution < 1.29 is 4.79 Å². The van der Waals surface area contributed by atoms with Gasteiger partial charge in [-0.1, -0.05) is 6.07 Å². The van der Waals surface area contributed by atoms with Crippen LogP contribution in [0.5, 0.6) is 0 Å². The highest BCUT2D eigenvalue weighted by Gasteiger charge is 2.28. The number of aromatic amines is 1. The number of piperidine rings is 1. The zero-order chi connectivity index (χ0) is 19.0. The number of rotatable bonds is 3. The molecule has 0 bridgehead atoms. The third-order valence-corrected chi connectivity index (χ3v) is 5.15. The number of carbonyl (C=O) groups is 1. The first-order valence-corrected chi connectivity index (χ1v) is 9.17. The van der Waals surface area contributed by atoms with Gasteiger partial charge in [-0.05, 0) is 38.8 Å². The molecule has 1 aliphatic rings. The second-order valence-electron chi connectivity index (χ2n) is 7.06. The van der Waals surface area contributed by atoms with Gasteiger partial charge in [0.25, 0.3) is 5.56 Å². The van der Waals surface area contributed by atoms with E-state index in [4.69, 9.17) is 0 Å². The highest BCUT2D eigenvalue weighted by Crippen LogP contribution is 2.26. The fraction of sp³-hybridized carbons (Fsp3) is 0.421. The van der Waals surface area contributed by atoms with Crippen molar-refractivity contribution in [2.45, 2.75) is 39.0 Å². The van der Waals surface area contributed by atoms with Crippen LogP contribution < -0.4 is 5.56 Å². The highest BCUT2D eigenvalue weighted by atomic mass is 16.2. The summed E-state index contributed by atoms with van der Waals surface area (Å²) >= 11 is 0. The Morgan fingerprint density at radius 1 is 1.30 bits per heavy atom. The lowest BCUT2D eigenvalue weighted by molar-refractivity contribution is -0.131. The van der Waals surface area contributed by atoms with E-state index in [0.717, 1.165) is 24.3 Å². The van der Waals surface area contributed by atoms with Gasteiger partial charge in [-0.3, -0.25) is 14.0 Å². The van der Waals surface area contributed by atoms with Crippen LogP contribution in [0.3, 0.4) is 0 Å². The summed E-state index contributed by atoms with van der Waals surface area (Å²) in [6, 6.07) is 5.80. The van der Waals surface area contributed by atoms with Gasteiger partial charge in [0.15, 0.2) is 5.65 Å². The lowest BCUT2D eigenvalue weighted by atomic mass is 9.96. The molecule has 8 nitrogen and oxygen atoms in total. The molecule has 140 valence electrons. The second kappa shape index (κ2) is 6.94. The zero-order valence-electron chi connectivity index (χ0n) is 15.5. The van der Waals surface area contributed by atoms with Crippen LogP contribution >= 0.6 is 0 Å². The number of pyridine rings is 1. The average Bonchev–Trinajstić information content (AvgIpc) is 3.09. The summed E-state index contributed by atoms with van der Waals surface area (Å²) in [5.74, 6) is 1.53. The van der Waals surface area contributed by atoms with Crippen molar-refractivity contribution in [3.63, 3.8) is 0 Å². The Balaban J connectivity index is 1.53. The van der Waals surface area contributed by atoms with Gasteiger partial charge < -0.3 is 9.88 Å². The molecule has 3 aromatic heterocycles. The molecule has 4 rings (SSSR count). The number of hydrogen-bond acceptors (Lipinski definition) is 5. The van der Waals surface area contributed by atoms with Crippen LogP contribution in [0.4, 0.5) is 0 Å². The lowest BCUT2D eigenvalue weighted by Crippen LogP contribution is -2.41. The van der Waals surface area contributed by atoms with Crippen LogP contribution in [0.25, 0.3) is 5.65 Å². The fourth-order valence-electron chi connectivity index (χ4n) is 3.77. The molecule has 1 aliphatic heterocycles. The molecule has 3 aromatic rings. The molecule has 0 saturated carbocycles. The van der Waals surface area contributed by atoms with E-state index in [0.29, 0.717) is 30.2 Å². The van der Waals surface area contributed by atoms with E-state index in [1.165, 1.54) is 0 Å². The zero-order valence-corrected chi connectivity index (χ0v) is 15.5. The maximum absolute atomic E-state index is 12.8. The number of likely N-dealkylation sites (tertiary alicyclic amines) is 1. The molecule has 0 unspecified atom stereocenters. The molecule has 1 atom stereocenters. The Hall–Kier alpha value is -3.03. The first-order valence-electron chi connectivity index (χ1n) is 9.17. The van der Waals surface area contributed by atoms with Crippen molar-refractivity contribution in [1.29, 1.82) is 0 Å². The average molecular weight is 366 g/mol.